The van der Waals surface area contributed by atoms with Crippen LogP contribution >= 0.6 is 0 Å². The summed E-state index contributed by atoms with van der Waals surface area (Å²) in [4.78, 5) is 30.7. The minimum Gasteiger partial charge on any atom is -0.354 e. The fraction of sp³-hybridized carbons (Fsp3) is 0.174. The van der Waals surface area contributed by atoms with E-state index < -0.39 is 0 Å². The van der Waals surface area contributed by atoms with E-state index in [9.17, 15) is 9.59 Å². The highest BCUT2D eigenvalue weighted by atomic mass is 16.1. The second-order valence-corrected chi connectivity index (χ2v) is 7.15. The Morgan fingerprint density at radius 1 is 0.889 bits per heavy atom. The standard InChI is InChI=1S/C23H18N2O2/c26-12-14-9-15(13-27)11-16(10-14)23-18-4-2-1-3-17(18)22-19-7-8-24-20(19)5-6-21(22)25-23/h5-13,25H,1-4H2. The second kappa shape index (κ2) is 6.16. The molecule has 0 saturated heterocycles. The fourth-order valence-corrected chi connectivity index (χ4v) is 4.38. The number of H-pyrrole nitrogens is 1. The van der Waals surface area contributed by atoms with Crippen LogP contribution in [0, 0.1) is 0 Å². The number of benzene rings is 2. The maximum absolute atomic E-state index is 11.3. The highest BCUT2D eigenvalue weighted by molar-refractivity contribution is 6.08. The first kappa shape index (κ1) is 15.9. The number of nitrogens with zero attached hydrogens (tertiary/aromatic N) is 1. The van der Waals surface area contributed by atoms with Gasteiger partial charge in [0.1, 0.15) is 12.6 Å². The lowest BCUT2D eigenvalue weighted by molar-refractivity contribution is 0.112. The summed E-state index contributed by atoms with van der Waals surface area (Å²) in [6, 6.07) is 11.5. The van der Waals surface area contributed by atoms with Crippen molar-refractivity contribution in [2.45, 2.75) is 25.7 Å². The maximum Gasteiger partial charge on any atom is 0.150 e. The molecule has 0 radical (unpaired) electrons. The van der Waals surface area contributed by atoms with Crippen molar-refractivity contribution in [2.75, 3.05) is 0 Å². The summed E-state index contributed by atoms with van der Waals surface area (Å²) < 4.78 is 0. The molecular formula is C23H18N2O2. The van der Waals surface area contributed by atoms with Crippen molar-refractivity contribution >= 4 is 34.4 Å². The number of hydrogen-bond acceptors (Lipinski definition) is 3. The van der Waals surface area contributed by atoms with Crippen molar-refractivity contribution in [2.24, 2.45) is 0 Å². The van der Waals surface area contributed by atoms with Crippen molar-refractivity contribution in [1.82, 2.24) is 9.97 Å². The molecule has 1 N–H and O–H groups in total. The van der Waals surface area contributed by atoms with E-state index in [0.717, 1.165) is 54.1 Å². The molecule has 2 aromatic carbocycles. The first-order valence-electron chi connectivity index (χ1n) is 9.25. The molecule has 5 rings (SSSR count). The lowest BCUT2D eigenvalue weighted by atomic mass is 9.85. The van der Waals surface area contributed by atoms with Crippen LogP contribution in [0.2, 0.25) is 0 Å². The molecule has 2 heterocycles. The van der Waals surface area contributed by atoms with Crippen molar-refractivity contribution in [3.63, 3.8) is 0 Å². The molecule has 0 unspecified atom stereocenters. The molecule has 0 saturated carbocycles. The van der Waals surface area contributed by atoms with E-state index in [4.69, 9.17) is 0 Å². The molecule has 27 heavy (non-hydrogen) atoms. The summed E-state index contributed by atoms with van der Waals surface area (Å²) >= 11 is 0. The summed E-state index contributed by atoms with van der Waals surface area (Å²) in [6.45, 7) is 0. The Balaban J connectivity index is 1.87. The predicted octanol–water partition coefficient (Wildman–Crippen LogP) is 4.89. The number of carbonyl (C=O) groups excluding carboxylic acids is 2. The largest absolute Gasteiger partial charge is 0.354 e. The number of carbonyl (C=O) groups is 2. The quantitative estimate of drug-likeness (QED) is 0.533. The molecule has 0 atom stereocenters. The molecule has 0 aliphatic heterocycles. The van der Waals surface area contributed by atoms with E-state index in [2.05, 4.69) is 22.1 Å². The molecule has 0 bridgehead atoms. The number of aromatic amines is 1. The molecule has 1 aliphatic carbocycles. The number of nitrogens with one attached hydrogen (secondary N) is 1. The fourth-order valence-electron chi connectivity index (χ4n) is 4.38. The zero-order valence-corrected chi connectivity index (χ0v) is 14.8. The number of hydrogen-bond donors (Lipinski definition) is 1. The van der Waals surface area contributed by atoms with E-state index in [1.54, 1.807) is 6.07 Å². The summed E-state index contributed by atoms with van der Waals surface area (Å²) in [5, 5.41) is 2.44. The Kier molecular flexibility index (Phi) is 3.64. The third-order valence-electron chi connectivity index (χ3n) is 5.55. The van der Waals surface area contributed by atoms with Crippen molar-refractivity contribution in [3.8, 4) is 11.3 Å². The molecule has 0 fully saturated rings. The smallest absolute Gasteiger partial charge is 0.150 e. The van der Waals surface area contributed by atoms with Crippen LogP contribution in [-0.2, 0) is 12.8 Å². The number of rotatable bonds is 3. The molecule has 4 nitrogen and oxygen atoms in total. The zero-order chi connectivity index (χ0) is 18.4. The van der Waals surface area contributed by atoms with Gasteiger partial charge in [-0.25, -0.2) is 0 Å². The maximum atomic E-state index is 11.3. The Hall–Kier alpha value is -3.27. The Labute approximate surface area is 156 Å². The highest BCUT2D eigenvalue weighted by Crippen LogP contribution is 2.38. The van der Waals surface area contributed by atoms with E-state index in [0.29, 0.717) is 11.1 Å². The minimum absolute atomic E-state index is 0.517. The average molecular weight is 354 g/mol. The van der Waals surface area contributed by atoms with Crippen LogP contribution in [0.4, 0.5) is 0 Å². The molecule has 0 amide bonds. The third-order valence-corrected chi connectivity index (χ3v) is 5.55. The average Bonchev–Trinajstić information content (AvgIpc) is 3.21. The van der Waals surface area contributed by atoms with Gasteiger partial charge in [0, 0.05) is 39.3 Å². The van der Waals surface area contributed by atoms with E-state index in [-0.39, 0.29) is 0 Å². The van der Waals surface area contributed by atoms with Gasteiger partial charge >= 0.3 is 0 Å². The highest BCUT2D eigenvalue weighted by Gasteiger charge is 2.20. The zero-order valence-electron chi connectivity index (χ0n) is 14.8. The van der Waals surface area contributed by atoms with Crippen LogP contribution in [0.15, 0.2) is 42.6 Å². The van der Waals surface area contributed by atoms with Crippen molar-refractivity contribution in [1.29, 1.82) is 0 Å². The van der Waals surface area contributed by atoms with Crippen LogP contribution in [0.5, 0.6) is 0 Å². The number of aromatic nitrogens is 2. The van der Waals surface area contributed by atoms with Crippen LogP contribution in [-0.4, -0.2) is 22.5 Å². The first-order chi connectivity index (χ1) is 13.3. The Morgan fingerprint density at radius 3 is 2.37 bits per heavy atom. The van der Waals surface area contributed by atoms with Crippen LogP contribution in [0.3, 0.4) is 0 Å². The van der Waals surface area contributed by atoms with Crippen molar-refractivity contribution < 1.29 is 9.59 Å². The first-order valence-corrected chi connectivity index (χ1v) is 9.25. The number of fused-ring (bicyclic) bond motifs is 5. The summed E-state index contributed by atoms with van der Waals surface area (Å²) in [5.41, 5.74) is 7.69. The lowest BCUT2D eigenvalue weighted by Crippen LogP contribution is -2.08. The van der Waals surface area contributed by atoms with Gasteiger partial charge in [0.2, 0.25) is 0 Å². The summed E-state index contributed by atoms with van der Waals surface area (Å²) in [5.74, 6) is 0. The Morgan fingerprint density at radius 2 is 1.63 bits per heavy atom. The summed E-state index contributed by atoms with van der Waals surface area (Å²) in [6.07, 6.45) is 7.78. The van der Waals surface area contributed by atoms with Gasteiger partial charge in [-0.1, -0.05) is 0 Å². The van der Waals surface area contributed by atoms with Gasteiger partial charge in [-0.15, -0.1) is 0 Å². The van der Waals surface area contributed by atoms with Crippen LogP contribution < -0.4 is 0 Å². The van der Waals surface area contributed by atoms with E-state index in [1.807, 2.05) is 24.4 Å². The van der Waals surface area contributed by atoms with Gasteiger partial charge in [-0.2, -0.15) is 0 Å². The Bertz CT molecular complexity index is 1190. The van der Waals surface area contributed by atoms with Crippen LogP contribution in [0.25, 0.3) is 33.1 Å². The molecule has 4 aromatic rings. The molecule has 2 aromatic heterocycles. The molecule has 132 valence electrons. The van der Waals surface area contributed by atoms with Gasteiger partial charge in [0.25, 0.3) is 0 Å². The second-order valence-electron chi connectivity index (χ2n) is 7.15. The normalized spacial score (nSPS) is 13.6. The van der Waals surface area contributed by atoms with Crippen molar-refractivity contribution in [3.05, 3.63) is 64.8 Å². The van der Waals surface area contributed by atoms with E-state index in [1.165, 1.54) is 28.3 Å². The molecule has 4 heteroatoms. The molecular weight excluding hydrogens is 336 g/mol. The molecule has 0 spiro atoms. The van der Waals surface area contributed by atoms with Gasteiger partial charge in [-0.05, 0) is 78.8 Å². The predicted molar refractivity (Wildman–Crippen MR) is 106 cm³/mol. The topological polar surface area (TPSA) is 62.8 Å². The third kappa shape index (κ3) is 2.48. The lowest BCUT2D eigenvalue weighted by Gasteiger charge is -2.23. The molecule has 1 aliphatic rings. The SMILES string of the molecule is O=Cc1cc(C=O)cc(-c2[nH]c3ccc4nccc4c3c3c2CCCC3)c1. The van der Waals surface area contributed by atoms with Crippen LogP contribution in [0.1, 0.15) is 44.7 Å². The number of pyridine rings is 1. The minimum atomic E-state index is 0.517. The van der Waals surface area contributed by atoms with Gasteiger partial charge in [0.05, 0.1) is 5.52 Å². The summed E-state index contributed by atoms with van der Waals surface area (Å²) in [7, 11) is 0. The monoisotopic (exact) mass is 354 g/mol. The van der Waals surface area contributed by atoms with Gasteiger partial charge in [0.15, 0.2) is 0 Å². The van der Waals surface area contributed by atoms with E-state index >= 15 is 0 Å². The number of aryl methyl sites for hydroxylation is 1. The number of aldehydes is 2. The van der Waals surface area contributed by atoms with Gasteiger partial charge in [-0.3, -0.25) is 14.6 Å². The van der Waals surface area contributed by atoms with Gasteiger partial charge < -0.3 is 4.98 Å².